The van der Waals surface area contributed by atoms with Gasteiger partial charge in [-0.05, 0) is 68.5 Å². The van der Waals surface area contributed by atoms with E-state index >= 15 is 0 Å². The van der Waals surface area contributed by atoms with E-state index in [1.165, 1.54) is 11.6 Å². The Labute approximate surface area is 153 Å². The van der Waals surface area contributed by atoms with Crippen LogP contribution in [0.5, 0.6) is 0 Å². The number of rotatable bonds is 2. The molecule has 0 saturated carbocycles. The van der Waals surface area contributed by atoms with Gasteiger partial charge in [0.05, 0.1) is 0 Å². The Morgan fingerprint density at radius 1 is 1.12 bits per heavy atom. The van der Waals surface area contributed by atoms with Crippen LogP contribution in [0.15, 0.2) is 24.4 Å². The number of fused-ring (bicyclic) bond motifs is 1. The van der Waals surface area contributed by atoms with Gasteiger partial charge in [0.15, 0.2) is 0 Å². The molecular formula is C19H25ClFN3O. The van der Waals surface area contributed by atoms with Crippen molar-refractivity contribution in [2.24, 2.45) is 5.92 Å². The van der Waals surface area contributed by atoms with Crippen LogP contribution in [0.25, 0.3) is 10.9 Å². The molecule has 6 heteroatoms. The Balaban J connectivity index is 0.00000182. The van der Waals surface area contributed by atoms with Crippen molar-refractivity contribution in [3.63, 3.8) is 0 Å². The van der Waals surface area contributed by atoms with Crippen molar-refractivity contribution in [2.75, 3.05) is 26.2 Å². The minimum atomic E-state index is -0.210. The van der Waals surface area contributed by atoms with Crippen LogP contribution < -0.4 is 5.32 Å². The van der Waals surface area contributed by atoms with Gasteiger partial charge in [-0.1, -0.05) is 0 Å². The Morgan fingerprint density at radius 3 is 2.56 bits per heavy atom. The SMILES string of the molecule is Cl.O=C(C1CCNCC1)N1CCC(c2c[nH]c3cc(F)ccc23)CC1. The van der Waals surface area contributed by atoms with Crippen LogP contribution in [0, 0.1) is 11.7 Å². The number of amides is 1. The summed E-state index contributed by atoms with van der Waals surface area (Å²) < 4.78 is 13.3. The standard InChI is InChI=1S/C19H24FN3O.ClH/c20-15-1-2-16-17(12-22-18(16)11-15)13-5-9-23(10-6-13)19(24)14-3-7-21-8-4-14;/h1-2,11-14,21-22H,3-10H2;1H. The minimum Gasteiger partial charge on any atom is -0.361 e. The third-order valence-electron chi connectivity index (χ3n) is 5.61. The fraction of sp³-hybridized carbons (Fsp3) is 0.526. The normalized spacial score (nSPS) is 19.8. The molecule has 3 heterocycles. The number of aromatic nitrogens is 1. The van der Waals surface area contributed by atoms with Crippen LogP contribution in [0.1, 0.15) is 37.2 Å². The molecule has 2 N–H and O–H groups in total. The molecule has 2 saturated heterocycles. The number of likely N-dealkylation sites (tertiary alicyclic amines) is 1. The van der Waals surface area contributed by atoms with Crippen molar-refractivity contribution in [3.8, 4) is 0 Å². The second-order valence-electron chi connectivity index (χ2n) is 7.06. The fourth-order valence-electron chi connectivity index (χ4n) is 4.20. The Morgan fingerprint density at radius 2 is 1.84 bits per heavy atom. The highest BCUT2D eigenvalue weighted by atomic mass is 35.5. The molecular weight excluding hydrogens is 341 g/mol. The summed E-state index contributed by atoms with van der Waals surface area (Å²) in [6, 6.07) is 4.94. The van der Waals surface area contributed by atoms with E-state index in [9.17, 15) is 9.18 Å². The predicted octanol–water partition coefficient (Wildman–Crippen LogP) is 3.43. The number of carbonyl (C=O) groups excluding carboxylic acids is 1. The number of H-pyrrole nitrogens is 1. The maximum Gasteiger partial charge on any atom is 0.225 e. The number of nitrogens with one attached hydrogen (secondary N) is 2. The van der Waals surface area contributed by atoms with E-state index in [-0.39, 0.29) is 24.1 Å². The molecule has 1 amide bonds. The Kier molecular flexibility index (Phi) is 5.64. The summed E-state index contributed by atoms with van der Waals surface area (Å²) in [6.07, 6.45) is 5.92. The van der Waals surface area contributed by atoms with Crippen LogP contribution in [0.4, 0.5) is 4.39 Å². The molecule has 0 aliphatic carbocycles. The first kappa shape index (κ1) is 18.2. The molecule has 1 aromatic carbocycles. The average Bonchev–Trinajstić information content (AvgIpc) is 3.05. The number of benzene rings is 1. The number of piperidine rings is 2. The highest BCUT2D eigenvalue weighted by Gasteiger charge is 2.30. The predicted molar refractivity (Wildman–Crippen MR) is 99.7 cm³/mol. The number of carbonyl (C=O) groups is 1. The van der Waals surface area contributed by atoms with Crippen LogP contribution in [-0.2, 0) is 4.79 Å². The largest absolute Gasteiger partial charge is 0.361 e. The zero-order valence-corrected chi connectivity index (χ0v) is 15.1. The highest BCUT2D eigenvalue weighted by Crippen LogP contribution is 2.34. The van der Waals surface area contributed by atoms with Crippen molar-refractivity contribution in [2.45, 2.75) is 31.6 Å². The lowest BCUT2D eigenvalue weighted by Gasteiger charge is -2.35. The molecule has 0 atom stereocenters. The summed E-state index contributed by atoms with van der Waals surface area (Å²) in [5.74, 6) is 0.786. The molecule has 2 fully saturated rings. The van der Waals surface area contributed by atoms with Crippen molar-refractivity contribution in [1.29, 1.82) is 0 Å². The van der Waals surface area contributed by atoms with Gasteiger partial charge in [0.2, 0.25) is 5.91 Å². The van der Waals surface area contributed by atoms with Crippen molar-refractivity contribution < 1.29 is 9.18 Å². The van der Waals surface area contributed by atoms with Crippen molar-refractivity contribution in [3.05, 3.63) is 35.8 Å². The summed E-state index contributed by atoms with van der Waals surface area (Å²) in [4.78, 5) is 17.9. The van der Waals surface area contributed by atoms with E-state index in [0.717, 1.165) is 62.8 Å². The summed E-state index contributed by atoms with van der Waals surface area (Å²) in [6.45, 7) is 3.58. The van der Waals surface area contributed by atoms with E-state index in [1.807, 2.05) is 12.3 Å². The van der Waals surface area contributed by atoms with Crippen molar-refractivity contribution >= 4 is 29.2 Å². The lowest BCUT2D eigenvalue weighted by atomic mass is 9.88. The first-order chi connectivity index (χ1) is 11.7. The molecule has 2 aliphatic rings. The smallest absolute Gasteiger partial charge is 0.225 e. The quantitative estimate of drug-likeness (QED) is 0.856. The van der Waals surface area contributed by atoms with E-state index < -0.39 is 0 Å². The zero-order chi connectivity index (χ0) is 16.5. The molecule has 0 radical (unpaired) electrons. The van der Waals surface area contributed by atoms with E-state index in [0.29, 0.717) is 11.8 Å². The maximum absolute atomic E-state index is 13.3. The van der Waals surface area contributed by atoms with Gasteiger partial charge in [-0.15, -0.1) is 12.4 Å². The second-order valence-corrected chi connectivity index (χ2v) is 7.06. The van der Waals surface area contributed by atoms with Gasteiger partial charge < -0.3 is 15.2 Å². The summed E-state index contributed by atoms with van der Waals surface area (Å²) in [5.41, 5.74) is 2.12. The Hall–Kier alpha value is -1.59. The third kappa shape index (κ3) is 3.67. The van der Waals surface area contributed by atoms with Gasteiger partial charge in [-0.25, -0.2) is 4.39 Å². The summed E-state index contributed by atoms with van der Waals surface area (Å²) >= 11 is 0. The molecule has 4 rings (SSSR count). The minimum absolute atomic E-state index is 0. The lowest BCUT2D eigenvalue weighted by Crippen LogP contribution is -2.44. The van der Waals surface area contributed by atoms with Crippen LogP contribution in [0.2, 0.25) is 0 Å². The first-order valence-corrected chi connectivity index (χ1v) is 8.98. The highest BCUT2D eigenvalue weighted by molar-refractivity contribution is 5.85. The van der Waals surface area contributed by atoms with Gasteiger partial charge >= 0.3 is 0 Å². The topological polar surface area (TPSA) is 48.1 Å². The third-order valence-corrected chi connectivity index (χ3v) is 5.61. The van der Waals surface area contributed by atoms with Crippen LogP contribution in [0.3, 0.4) is 0 Å². The molecule has 0 unspecified atom stereocenters. The summed E-state index contributed by atoms with van der Waals surface area (Å²) in [7, 11) is 0. The molecule has 0 spiro atoms. The lowest BCUT2D eigenvalue weighted by molar-refractivity contribution is -0.137. The molecule has 25 heavy (non-hydrogen) atoms. The summed E-state index contributed by atoms with van der Waals surface area (Å²) in [5, 5.41) is 4.43. The number of nitrogens with zero attached hydrogens (tertiary/aromatic N) is 1. The number of hydrogen-bond donors (Lipinski definition) is 2. The number of hydrogen-bond acceptors (Lipinski definition) is 2. The van der Waals surface area contributed by atoms with Gasteiger partial charge in [0.1, 0.15) is 5.82 Å². The molecule has 2 aromatic rings. The number of halogens is 2. The van der Waals surface area contributed by atoms with Crippen LogP contribution in [-0.4, -0.2) is 42.0 Å². The van der Waals surface area contributed by atoms with Gasteiger partial charge in [0, 0.05) is 36.1 Å². The Bertz CT molecular complexity index is 733. The number of aromatic amines is 1. The molecule has 2 aliphatic heterocycles. The van der Waals surface area contributed by atoms with E-state index in [4.69, 9.17) is 0 Å². The zero-order valence-electron chi connectivity index (χ0n) is 14.3. The van der Waals surface area contributed by atoms with Gasteiger partial charge in [0.25, 0.3) is 0 Å². The van der Waals surface area contributed by atoms with Gasteiger partial charge in [-0.3, -0.25) is 4.79 Å². The van der Waals surface area contributed by atoms with E-state index in [2.05, 4.69) is 15.2 Å². The molecule has 1 aromatic heterocycles. The van der Waals surface area contributed by atoms with Crippen LogP contribution >= 0.6 is 12.4 Å². The van der Waals surface area contributed by atoms with Crippen molar-refractivity contribution in [1.82, 2.24) is 15.2 Å². The molecule has 0 bridgehead atoms. The van der Waals surface area contributed by atoms with E-state index in [1.54, 1.807) is 6.07 Å². The fourth-order valence-corrected chi connectivity index (χ4v) is 4.20. The maximum atomic E-state index is 13.3. The molecule has 4 nitrogen and oxygen atoms in total. The average molecular weight is 366 g/mol. The molecule has 136 valence electrons. The monoisotopic (exact) mass is 365 g/mol. The van der Waals surface area contributed by atoms with Gasteiger partial charge in [-0.2, -0.15) is 0 Å². The first-order valence-electron chi connectivity index (χ1n) is 8.98. The second kappa shape index (κ2) is 7.75.